The van der Waals surface area contributed by atoms with Crippen LogP contribution in [0, 0.1) is 0 Å². The number of pyridine rings is 1. The summed E-state index contributed by atoms with van der Waals surface area (Å²) in [5.74, 6) is -0.0104. The number of rotatable bonds is 2. The van der Waals surface area contributed by atoms with Crippen LogP contribution in [0.3, 0.4) is 0 Å². The van der Waals surface area contributed by atoms with Crippen LogP contribution in [0.4, 0.5) is 18.9 Å². The molecular weight excluding hydrogens is 363 g/mol. The Morgan fingerprint density at radius 2 is 1.96 bits per heavy atom. The zero-order valence-electron chi connectivity index (χ0n) is 14.3. The number of hydrogen-bond acceptors (Lipinski definition) is 2. The van der Waals surface area contributed by atoms with E-state index in [0.717, 1.165) is 29.3 Å². The number of aromatic nitrogens is 2. The summed E-state index contributed by atoms with van der Waals surface area (Å²) in [5, 5.41) is 4.45. The van der Waals surface area contributed by atoms with E-state index in [1.807, 2.05) is 32.0 Å². The maximum Gasteiger partial charge on any atom is 0.418 e. The summed E-state index contributed by atoms with van der Waals surface area (Å²) in [6.07, 6.45) is -2.11. The molecule has 0 spiro atoms. The number of benzene rings is 1. The second-order valence-electron chi connectivity index (χ2n) is 6.81. The Morgan fingerprint density at radius 3 is 2.65 bits per heavy atom. The molecule has 26 heavy (non-hydrogen) atoms. The Kier molecular flexibility index (Phi) is 3.91. The first kappa shape index (κ1) is 17.2. The van der Waals surface area contributed by atoms with E-state index in [0.29, 0.717) is 17.8 Å². The quantitative estimate of drug-likeness (QED) is 0.535. The molecule has 1 aliphatic heterocycles. The van der Waals surface area contributed by atoms with Crippen LogP contribution in [0.25, 0.3) is 16.6 Å². The Labute approximate surface area is 154 Å². The zero-order valence-corrected chi connectivity index (χ0v) is 15.1. The van der Waals surface area contributed by atoms with Gasteiger partial charge in [0.2, 0.25) is 0 Å². The van der Waals surface area contributed by atoms with Crippen molar-refractivity contribution in [1.82, 2.24) is 9.61 Å². The molecule has 0 saturated carbocycles. The molecule has 136 valence electrons. The van der Waals surface area contributed by atoms with E-state index < -0.39 is 11.7 Å². The summed E-state index contributed by atoms with van der Waals surface area (Å²) < 4.78 is 43.9. The molecular formula is C19H17ClF3N3. The molecule has 3 aromatic rings. The van der Waals surface area contributed by atoms with E-state index in [9.17, 15) is 13.2 Å². The molecule has 0 saturated heterocycles. The maximum atomic E-state index is 13.6. The van der Waals surface area contributed by atoms with Gasteiger partial charge in [0.1, 0.15) is 0 Å². The summed E-state index contributed by atoms with van der Waals surface area (Å²) in [6.45, 7) is 4.57. The Morgan fingerprint density at radius 1 is 1.19 bits per heavy atom. The van der Waals surface area contributed by atoms with Crippen molar-refractivity contribution in [2.24, 2.45) is 0 Å². The van der Waals surface area contributed by atoms with Gasteiger partial charge in [0.25, 0.3) is 0 Å². The van der Waals surface area contributed by atoms with Crippen LogP contribution in [0.1, 0.15) is 36.6 Å². The van der Waals surface area contributed by atoms with Crippen LogP contribution >= 0.6 is 11.8 Å². The molecule has 2 aromatic heterocycles. The average molecular weight is 380 g/mol. The summed E-state index contributed by atoms with van der Waals surface area (Å²) in [5.41, 5.74) is 3.32. The minimum atomic E-state index is -4.45. The Hall–Kier alpha value is -2.21. The van der Waals surface area contributed by atoms with Crippen molar-refractivity contribution in [3.8, 4) is 11.1 Å². The Balaban J connectivity index is 2.03. The molecule has 0 N–H and O–H groups in total. The van der Waals surface area contributed by atoms with Gasteiger partial charge >= 0.3 is 6.18 Å². The molecule has 0 atom stereocenters. The largest absolute Gasteiger partial charge is 0.418 e. The molecule has 7 heteroatoms. The van der Waals surface area contributed by atoms with Crippen LogP contribution in [0.15, 0.2) is 36.5 Å². The van der Waals surface area contributed by atoms with Gasteiger partial charge in [-0.3, -0.25) is 4.42 Å². The molecule has 4 rings (SSSR count). The predicted octanol–water partition coefficient (Wildman–Crippen LogP) is 5.66. The standard InChI is InChI=1S/C19H17ClF3N3/c1-11(2)17-16(13-5-6-15-12(10-13)7-9-25(15)20)18-14(19(21,22)23)4-3-8-26(18)24-17/h3-6,8,10-11H,7,9H2,1-2H3. The number of nitrogens with zero attached hydrogens (tertiary/aromatic N) is 3. The molecule has 0 aliphatic carbocycles. The second kappa shape index (κ2) is 5.91. The molecule has 0 unspecified atom stereocenters. The highest BCUT2D eigenvalue weighted by molar-refractivity contribution is 6.26. The summed E-state index contributed by atoms with van der Waals surface area (Å²) in [4.78, 5) is 0. The van der Waals surface area contributed by atoms with Crippen molar-refractivity contribution >= 4 is 23.0 Å². The van der Waals surface area contributed by atoms with E-state index >= 15 is 0 Å². The number of halogens is 4. The minimum Gasteiger partial charge on any atom is -0.285 e. The highest BCUT2D eigenvalue weighted by Crippen LogP contribution is 2.42. The van der Waals surface area contributed by atoms with Gasteiger partial charge < -0.3 is 0 Å². The fourth-order valence-electron chi connectivity index (χ4n) is 3.55. The third kappa shape index (κ3) is 2.63. The SMILES string of the molecule is CC(C)c1nn2cccc(C(F)(F)F)c2c1-c1ccc2c(c1)CCN2Cl. The number of hydrogen-bond donors (Lipinski definition) is 0. The smallest absolute Gasteiger partial charge is 0.285 e. The molecule has 1 aromatic carbocycles. The van der Waals surface area contributed by atoms with Gasteiger partial charge in [-0.1, -0.05) is 19.9 Å². The minimum absolute atomic E-state index is 0.0104. The van der Waals surface area contributed by atoms with E-state index in [1.54, 1.807) is 10.6 Å². The van der Waals surface area contributed by atoms with Crippen molar-refractivity contribution in [3.63, 3.8) is 0 Å². The van der Waals surface area contributed by atoms with E-state index in [-0.39, 0.29) is 11.4 Å². The Bertz CT molecular complexity index is 992. The third-order valence-electron chi connectivity index (χ3n) is 4.74. The van der Waals surface area contributed by atoms with Crippen molar-refractivity contribution in [2.75, 3.05) is 11.0 Å². The van der Waals surface area contributed by atoms with Gasteiger partial charge in [-0.05, 0) is 47.7 Å². The van der Waals surface area contributed by atoms with Crippen molar-refractivity contribution in [1.29, 1.82) is 0 Å². The van der Waals surface area contributed by atoms with Gasteiger partial charge in [0, 0.05) is 30.1 Å². The van der Waals surface area contributed by atoms with Crippen molar-refractivity contribution in [2.45, 2.75) is 32.4 Å². The van der Waals surface area contributed by atoms with E-state index in [2.05, 4.69) is 5.10 Å². The zero-order chi connectivity index (χ0) is 18.6. The number of alkyl halides is 3. The molecule has 0 fully saturated rings. The summed E-state index contributed by atoms with van der Waals surface area (Å²) in [7, 11) is 0. The van der Waals surface area contributed by atoms with Crippen molar-refractivity contribution in [3.05, 3.63) is 53.3 Å². The normalized spacial score (nSPS) is 14.5. The van der Waals surface area contributed by atoms with Gasteiger partial charge in [-0.15, -0.1) is 0 Å². The lowest BCUT2D eigenvalue weighted by Crippen LogP contribution is -2.07. The van der Waals surface area contributed by atoms with Gasteiger partial charge in [-0.25, -0.2) is 4.52 Å². The topological polar surface area (TPSA) is 20.5 Å². The number of anilines is 1. The molecule has 0 bridgehead atoms. The number of fused-ring (bicyclic) bond motifs is 2. The van der Waals surface area contributed by atoms with Crippen LogP contribution in [0.2, 0.25) is 0 Å². The lowest BCUT2D eigenvalue weighted by atomic mass is 9.95. The molecule has 0 radical (unpaired) electrons. The van der Waals surface area contributed by atoms with Gasteiger partial charge in [0.05, 0.1) is 22.5 Å². The molecule has 3 nitrogen and oxygen atoms in total. The van der Waals surface area contributed by atoms with E-state index in [1.165, 1.54) is 10.6 Å². The highest BCUT2D eigenvalue weighted by Gasteiger charge is 2.35. The van der Waals surface area contributed by atoms with E-state index in [4.69, 9.17) is 11.8 Å². The molecule has 0 amide bonds. The first-order valence-corrected chi connectivity index (χ1v) is 8.76. The second-order valence-corrected chi connectivity index (χ2v) is 7.22. The first-order valence-electron chi connectivity index (χ1n) is 8.42. The maximum absolute atomic E-state index is 13.6. The fraction of sp³-hybridized carbons (Fsp3) is 0.316. The predicted molar refractivity (Wildman–Crippen MR) is 96.6 cm³/mol. The summed E-state index contributed by atoms with van der Waals surface area (Å²) in [6, 6.07) is 8.13. The third-order valence-corrected chi connectivity index (χ3v) is 5.09. The average Bonchev–Trinajstić information content (AvgIpc) is 3.14. The lowest BCUT2D eigenvalue weighted by Gasteiger charge is -2.13. The van der Waals surface area contributed by atoms with Crippen LogP contribution in [-0.2, 0) is 12.6 Å². The highest BCUT2D eigenvalue weighted by atomic mass is 35.5. The monoisotopic (exact) mass is 379 g/mol. The van der Waals surface area contributed by atoms with Crippen LogP contribution in [-0.4, -0.2) is 16.2 Å². The van der Waals surface area contributed by atoms with Gasteiger partial charge in [0.15, 0.2) is 0 Å². The molecule has 3 heterocycles. The van der Waals surface area contributed by atoms with Crippen LogP contribution in [0.5, 0.6) is 0 Å². The molecule has 1 aliphatic rings. The fourth-order valence-corrected chi connectivity index (χ4v) is 3.80. The van der Waals surface area contributed by atoms with Crippen molar-refractivity contribution < 1.29 is 13.2 Å². The lowest BCUT2D eigenvalue weighted by molar-refractivity contribution is -0.136. The van der Waals surface area contributed by atoms with Gasteiger partial charge in [-0.2, -0.15) is 18.3 Å². The summed E-state index contributed by atoms with van der Waals surface area (Å²) >= 11 is 6.15. The first-order chi connectivity index (χ1) is 12.3. The van der Waals surface area contributed by atoms with Crippen LogP contribution < -0.4 is 4.42 Å².